The summed E-state index contributed by atoms with van der Waals surface area (Å²) in [5.74, 6) is 0. The van der Waals surface area contributed by atoms with Crippen LogP contribution in [-0.2, 0) is 4.74 Å². The summed E-state index contributed by atoms with van der Waals surface area (Å²) in [6.45, 7) is 5.58. The molecule has 1 unspecified atom stereocenters. The maximum absolute atomic E-state index is 11.2. The van der Waals surface area contributed by atoms with Gasteiger partial charge in [0.25, 0.3) is 0 Å². The lowest BCUT2D eigenvalue weighted by Gasteiger charge is -2.13. The lowest BCUT2D eigenvalue weighted by Crippen LogP contribution is -2.29. The van der Waals surface area contributed by atoms with Crippen LogP contribution < -0.4 is 5.32 Å². The predicted octanol–water partition coefficient (Wildman–Crippen LogP) is 1.17. The van der Waals surface area contributed by atoms with Gasteiger partial charge in [-0.05, 0) is 6.42 Å². The largest absolute Gasteiger partial charge is 0.445 e. The highest BCUT2D eigenvalue weighted by Crippen LogP contribution is 2.11. The molecule has 0 aliphatic rings. The number of H-pyrrole nitrogens is 1. The second-order valence-electron chi connectivity index (χ2n) is 2.89. The summed E-state index contributed by atoms with van der Waals surface area (Å²) in [5, 5.41) is 12.7. The van der Waals surface area contributed by atoms with E-state index in [9.17, 15) is 4.79 Å². The molecule has 1 amide bonds. The van der Waals surface area contributed by atoms with Crippen LogP contribution in [0.1, 0.15) is 25.1 Å². The Kier molecular flexibility index (Phi) is 4.33. The molecule has 1 heterocycles. The second-order valence-corrected chi connectivity index (χ2v) is 2.89. The summed E-state index contributed by atoms with van der Waals surface area (Å²) >= 11 is 0. The summed E-state index contributed by atoms with van der Waals surface area (Å²) < 4.78 is 4.80. The van der Waals surface area contributed by atoms with Crippen LogP contribution in [0.15, 0.2) is 18.9 Å². The van der Waals surface area contributed by atoms with Crippen LogP contribution in [0.4, 0.5) is 4.79 Å². The first-order chi connectivity index (χ1) is 7.27. The van der Waals surface area contributed by atoms with Gasteiger partial charge in [0.15, 0.2) is 0 Å². The molecule has 82 valence electrons. The van der Waals surface area contributed by atoms with Gasteiger partial charge in [-0.1, -0.05) is 19.6 Å². The molecule has 1 aromatic rings. The molecule has 6 heteroatoms. The molecule has 0 aromatic carbocycles. The summed E-state index contributed by atoms with van der Waals surface area (Å²) in [5.41, 5.74) is 0.688. The third kappa shape index (κ3) is 3.41. The average Bonchev–Trinajstić information content (AvgIpc) is 2.76. The Morgan fingerprint density at radius 2 is 2.67 bits per heavy atom. The molecule has 1 aromatic heterocycles. The fourth-order valence-corrected chi connectivity index (χ4v) is 1.08. The van der Waals surface area contributed by atoms with E-state index in [1.165, 1.54) is 6.08 Å². The molecular formula is C9H14N4O2. The molecule has 15 heavy (non-hydrogen) atoms. The summed E-state index contributed by atoms with van der Waals surface area (Å²) in [6.07, 6.45) is 3.32. The Labute approximate surface area is 87.7 Å². The van der Waals surface area contributed by atoms with Crippen molar-refractivity contribution in [3.8, 4) is 0 Å². The van der Waals surface area contributed by atoms with Crippen LogP contribution >= 0.6 is 0 Å². The topological polar surface area (TPSA) is 79.9 Å². The van der Waals surface area contributed by atoms with Gasteiger partial charge < -0.3 is 10.1 Å². The minimum Gasteiger partial charge on any atom is -0.445 e. The molecule has 0 saturated carbocycles. The van der Waals surface area contributed by atoms with Crippen molar-refractivity contribution in [2.45, 2.75) is 19.4 Å². The fraction of sp³-hybridized carbons (Fsp3) is 0.444. The van der Waals surface area contributed by atoms with Crippen molar-refractivity contribution in [3.05, 3.63) is 24.5 Å². The minimum atomic E-state index is -0.482. The molecule has 1 atom stereocenters. The van der Waals surface area contributed by atoms with E-state index >= 15 is 0 Å². The zero-order valence-electron chi connectivity index (χ0n) is 8.56. The van der Waals surface area contributed by atoms with Gasteiger partial charge in [0.05, 0.1) is 12.2 Å². The van der Waals surface area contributed by atoms with Crippen LogP contribution in [0.5, 0.6) is 0 Å². The number of amides is 1. The highest BCUT2D eigenvalue weighted by molar-refractivity contribution is 5.67. The van der Waals surface area contributed by atoms with Gasteiger partial charge in [0, 0.05) is 0 Å². The van der Waals surface area contributed by atoms with E-state index in [0.29, 0.717) is 5.69 Å². The summed E-state index contributed by atoms with van der Waals surface area (Å²) in [7, 11) is 0. The first kappa shape index (κ1) is 11.2. The zero-order valence-corrected chi connectivity index (χ0v) is 8.56. The van der Waals surface area contributed by atoms with E-state index in [1.54, 1.807) is 6.20 Å². The molecule has 0 radical (unpaired) electrons. The lowest BCUT2D eigenvalue weighted by atomic mass is 10.2. The van der Waals surface area contributed by atoms with Crippen LogP contribution in [0, 0.1) is 0 Å². The zero-order chi connectivity index (χ0) is 11.1. The first-order valence-electron chi connectivity index (χ1n) is 4.67. The number of carbonyl (C=O) groups is 1. The van der Waals surface area contributed by atoms with E-state index in [0.717, 1.165) is 6.42 Å². The number of hydrogen-bond acceptors (Lipinski definition) is 4. The Bertz CT molecular complexity index is 310. The molecular weight excluding hydrogens is 196 g/mol. The molecule has 0 saturated heterocycles. The van der Waals surface area contributed by atoms with Gasteiger partial charge in [-0.2, -0.15) is 15.4 Å². The summed E-state index contributed by atoms with van der Waals surface area (Å²) in [6, 6.07) is -0.180. The van der Waals surface area contributed by atoms with Crippen molar-refractivity contribution < 1.29 is 9.53 Å². The second kappa shape index (κ2) is 5.79. The van der Waals surface area contributed by atoms with Crippen molar-refractivity contribution in [2.24, 2.45) is 0 Å². The van der Waals surface area contributed by atoms with Crippen molar-refractivity contribution in [2.75, 3.05) is 6.61 Å². The van der Waals surface area contributed by atoms with E-state index in [4.69, 9.17) is 4.74 Å². The number of alkyl carbamates (subject to hydrolysis) is 1. The first-order valence-corrected chi connectivity index (χ1v) is 4.67. The van der Waals surface area contributed by atoms with Crippen LogP contribution in [0.25, 0.3) is 0 Å². The molecule has 0 spiro atoms. The number of rotatable bonds is 5. The van der Waals surface area contributed by atoms with Crippen LogP contribution in [0.3, 0.4) is 0 Å². The van der Waals surface area contributed by atoms with E-state index in [-0.39, 0.29) is 12.6 Å². The number of aromatic nitrogens is 3. The third-order valence-electron chi connectivity index (χ3n) is 1.82. The monoisotopic (exact) mass is 210 g/mol. The lowest BCUT2D eigenvalue weighted by molar-refractivity contribution is 0.153. The quantitative estimate of drug-likeness (QED) is 0.715. The Balaban J connectivity index is 2.47. The molecule has 0 bridgehead atoms. The Morgan fingerprint density at radius 1 is 1.87 bits per heavy atom. The molecule has 2 N–H and O–H groups in total. The number of hydrogen-bond donors (Lipinski definition) is 2. The number of nitrogens with one attached hydrogen (secondary N) is 2. The fourth-order valence-electron chi connectivity index (χ4n) is 1.08. The SMILES string of the molecule is C=CCOC(=O)NC(CC)c1cn[nH]n1. The minimum absolute atomic E-state index is 0.180. The molecule has 6 nitrogen and oxygen atoms in total. The van der Waals surface area contributed by atoms with Crippen molar-refractivity contribution in [3.63, 3.8) is 0 Å². The molecule has 0 aliphatic heterocycles. The highest BCUT2D eigenvalue weighted by atomic mass is 16.5. The van der Waals surface area contributed by atoms with Gasteiger partial charge in [-0.3, -0.25) is 0 Å². The maximum Gasteiger partial charge on any atom is 0.407 e. The molecule has 1 rings (SSSR count). The van der Waals surface area contributed by atoms with E-state index in [1.807, 2.05) is 6.92 Å². The highest BCUT2D eigenvalue weighted by Gasteiger charge is 2.15. The standard InChI is InChI=1S/C9H14N4O2/c1-3-5-15-9(14)11-7(4-2)8-6-10-13-12-8/h3,6-7H,1,4-5H2,2H3,(H,11,14)(H,10,12,13). The Hall–Kier alpha value is -1.85. The van der Waals surface area contributed by atoms with Crippen molar-refractivity contribution in [1.82, 2.24) is 20.7 Å². The number of nitrogens with zero attached hydrogens (tertiary/aromatic N) is 2. The van der Waals surface area contributed by atoms with Gasteiger partial charge in [0.2, 0.25) is 0 Å². The van der Waals surface area contributed by atoms with Crippen LogP contribution in [-0.4, -0.2) is 28.1 Å². The number of aromatic amines is 1. The van der Waals surface area contributed by atoms with Gasteiger partial charge in [-0.15, -0.1) is 0 Å². The number of ether oxygens (including phenoxy) is 1. The van der Waals surface area contributed by atoms with Gasteiger partial charge >= 0.3 is 6.09 Å². The predicted molar refractivity (Wildman–Crippen MR) is 54.1 cm³/mol. The molecule has 0 fully saturated rings. The maximum atomic E-state index is 11.2. The van der Waals surface area contributed by atoms with Crippen LogP contribution in [0.2, 0.25) is 0 Å². The number of carbonyl (C=O) groups excluding carboxylic acids is 1. The van der Waals surface area contributed by atoms with Crippen molar-refractivity contribution >= 4 is 6.09 Å². The molecule has 0 aliphatic carbocycles. The normalized spacial score (nSPS) is 11.8. The van der Waals surface area contributed by atoms with Gasteiger partial charge in [-0.25, -0.2) is 4.79 Å². The smallest absolute Gasteiger partial charge is 0.407 e. The Morgan fingerprint density at radius 3 is 3.20 bits per heavy atom. The van der Waals surface area contributed by atoms with Gasteiger partial charge in [0.1, 0.15) is 12.3 Å². The van der Waals surface area contributed by atoms with E-state index in [2.05, 4.69) is 27.3 Å². The van der Waals surface area contributed by atoms with E-state index < -0.39 is 6.09 Å². The summed E-state index contributed by atoms with van der Waals surface area (Å²) in [4.78, 5) is 11.2. The average molecular weight is 210 g/mol. The third-order valence-corrected chi connectivity index (χ3v) is 1.82. The van der Waals surface area contributed by atoms with Crippen molar-refractivity contribution in [1.29, 1.82) is 0 Å².